The van der Waals surface area contributed by atoms with Gasteiger partial charge in [0.1, 0.15) is 11.2 Å². The van der Waals surface area contributed by atoms with Crippen molar-refractivity contribution in [1.82, 2.24) is 20.6 Å². The smallest absolute Gasteiger partial charge is 0.241 e. The monoisotopic (exact) mass is 544 g/mol. The summed E-state index contributed by atoms with van der Waals surface area (Å²) in [5.74, 6) is 0.0991. The van der Waals surface area contributed by atoms with Crippen LogP contribution in [0.3, 0.4) is 0 Å². The zero-order chi connectivity index (χ0) is 24.8. The van der Waals surface area contributed by atoms with Crippen LogP contribution in [0.4, 0.5) is 23.1 Å². The normalized spacial score (nSPS) is 17.9. The third-order valence-electron chi connectivity index (χ3n) is 6.10. The van der Waals surface area contributed by atoms with E-state index in [9.17, 15) is 14.4 Å². The van der Waals surface area contributed by atoms with E-state index in [-0.39, 0.29) is 17.9 Å². The molecule has 35 heavy (non-hydrogen) atoms. The second-order valence-electron chi connectivity index (χ2n) is 8.72. The lowest BCUT2D eigenvalue weighted by Gasteiger charge is -2.13. The van der Waals surface area contributed by atoms with E-state index in [1.165, 1.54) is 0 Å². The maximum absolute atomic E-state index is 12.4. The standard InChI is InChI=1S/C23H29BrN8O3/c24-16-13-29-22(31-15-5-1-4-14(12-15)30-19(33)17-6-2-9-26-17)32-18(16)27-10-3-11-28-21(35)23(7-8-23)20(25)34/h1,4-5,12-13,17,26H,2-3,6-11H2,(H2,25,34)(H,28,35)(H,30,33)(H2,27,29,31,32)/t17-/m0/s1. The molecule has 11 nitrogen and oxygen atoms in total. The van der Waals surface area contributed by atoms with Gasteiger partial charge in [0, 0.05) is 30.7 Å². The molecule has 0 bridgehead atoms. The summed E-state index contributed by atoms with van der Waals surface area (Å²) in [5.41, 5.74) is 5.75. The highest BCUT2D eigenvalue weighted by molar-refractivity contribution is 9.10. The number of rotatable bonds is 11. The predicted molar refractivity (Wildman–Crippen MR) is 136 cm³/mol. The van der Waals surface area contributed by atoms with Gasteiger partial charge in [-0.2, -0.15) is 4.98 Å². The van der Waals surface area contributed by atoms with Crippen LogP contribution >= 0.6 is 15.9 Å². The Hall–Kier alpha value is -3.25. The molecule has 1 saturated carbocycles. The highest BCUT2D eigenvalue weighted by atomic mass is 79.9. The number of carbonyl (C=O) groups excluding carboxylic acids is 3. The van der Waals surface area contributed by atoms with E-state index in [0.29, 0.717) is 54.3 Å². The predicted octanol–water partition coefficient (Wildman–Crippen LogP) is 1.86. The van der Waals surface area contributed by atoms with E-state index in [2.05, 4.69) is 52.5 Å². The summed E-state index contributed by atoms with van der Waals surface area (Å²) in [6.07, 6.45) is 5.15. The highest BCUT2D eigenvalue weighted by Gasteiger charge is 2.55. The number of halogens is 1. The van der Waals surface area contributed by atoms with E-state index in [1.807, 2.05) is 24.3 Å². The van der Waals surface area contributed by atoms with Crippen LogP contribution in [0.15, 0.2) is 34.9 Å². The van der Waals surface area contributed by atoms with Crippen LogP contribution < -0.4 is 32.3 Å². The molecule has 2 fully saturated rings. The van der Waals surface area contributed by atoms with Crippen molar-refractivity contribution in [2.24, 2.45) is 11.1 Å². The number of benzene rings is 1. The molecule has 0 unspecified atom stereocenters. The number of aromatic nitrogens is 2. The fraction of sp³-hybridized carbons (Fsp3) is 0.435. The Kier molecular flexibility index (Phi) is 7.81. The largest absolute Gasteiger partial charge is 0.369 e. The fourth-order valence-electron chi connectivity index (χ4n) is 3.87. The van der Waals surface area contributed by atoms with Gasteiger partial charge in [0.05, 0.1) is 10.5 Å². The van der Waals surface area contributed by atoms with E-state index in [1.54, 1.807) is 6.20 Å². The first kappa shape index (κ1) is 24.9. The zero-order valence-electron chi connectivity index (χ0n) is 19.2. The van der Waals surface area contributed by atoms with Crippen LogP contribution in [0.2, 0.25) is 0 Å². The van der Waals surface area contributed by atoms with Gasteiger partial charge in [-0.3, -0.25) is 14.4 Å². The maximum Gasteiger partial charge on any atom is 0.241 e. The van der Waals surface area contributed by atoms with Crippen molar-refractivity contribution in [3.8, 4) is 0 Å². The van der Waals surface area contributed by atoms with Crippen LogP contribution in [0.5, 0.6) is 0 Å². The number of nitrogens with two attached hydrogens (primary N) is 1. The lowest BCUT2D eigenvalue weighted by atomic mass is 10.1. The Labute approximate surface area is 211 Å². The summed E-state index contributed by atoms with van der Waals surface area (Å²) in [5, 5.41) is 15.3. The van der Waals surface area contributed by atoms with Crippen LogP contribution in [0, 0.1) is 5.41 Å². The van der Waals surface area contributed by atoms with Crippen LogP contribution in [0.25, 0.3) is 0 Å². The van der Waals surface area contributed by atoms with E-state index < -0.39 is 11.3 Å². The lowest BCUT2D eigenvalue weighted by Crippen LogP contribution is -2.41. The Morgan fingerprint density at radius 1 is 1.20 bits per heavy atom. The fourth-order valence-corrected chi connectivity index (χ4v) is 4.20. The van der Waals surface area contributed by atoms with Crippen molar-refractivity contribution in [2.75, 3.05) is 35.6 Å². The van der Waals surface area contributed by atoms with E-state index in [4.69, 9.17) is 5.73 Å². The minimum atomic E-state index is -1.00. The molecule has 2 aromatic rings. The summed E-state index contributed by atoms with van der Waals surface area (Å²) < 4.78 is 0.697. The average Bonchev–Trinajstić information content (AvgIpc) is 3.48. The summed E-state index contributed by atoms with van der Waals surface area (Å²) in [6.45, 7) is 1.83. The van der Waals surface area contributed by atoms with Gasteiger partial charge in [0.2, 0.25) is 23.7 Å². The Morgan fingerprint density at radius 2 is 2.00 bits per heavy atom. The van der Waals surface area contributed by atoms with Crippen molar-refractivity contribution in [1.29, 1.82) is 0 Å². The topological polar surface area (TPSA) is 163 Å². The second kappa shape index (κ2) is 11.0. The highest BCUT2D eigenvalue weighted by Crippen LogP contribution is 2.45. The maximum atomic E-state index is 12.4. The first-order chi connectivity index (χ1) is 16.9. The number of hydrogen-bond donors (Lipinski definition) is 6. The molecule has 1 aliphatic heterocycles. The minimum absolute atomic E-state index is 0.0378. The molecule has 4 rings (SSSR count). The van der Waals surface area contributed by atoms with Gasteiger partial charge in [-0.15, -0.1) is 0 Å². The first-order valence-electron chi connectivity index (χ1n) is 11.6. The van der Waals surface area contributed by atoms with E-state index in [0.717, 1.165) is 25.1 Å². The van der Waals surface area contributed by atoms with Crippen LogP contribution in [-0.2, 0) is 14.4 Å². The van der Waals surface area contributed by atoms with Gasteiger partial charge >= 0.3 is 0 Å². The number of hydrogen-bond acceptors (Lipinski definition) is 8. The summed E-state index contributed by atoms with van der Waals surface area (Å²) in [6, 6.07) is 7.22. The van der Waals surface area contributed by atoms with Gasteiger partial charge in [0.25, 0.3) is 0 Å². The minimum Gasteiger partial charge on any atom is -0.369 e. The molecule has 1 aromatic heterocycles. The van der Waals surface area contributed by atoms with Crippen molar-refractivity contribution >= 4 is 56.8 Å². The molecule has 186 valence electrons. The average molecular weight is 545 g/mol. The molecule has 1 aliphatic carbocycles. The van der Waals surface area contributed by atoms with Gasteiger partial charge in [-0.1, -0.05) is 6.07 Å². The molecule has 12 heteroatoms. The molecule has 1 saturated heterocycles. The van der Waals surface area contributed by atoms with Crippen molar-refractivity contribution in [3.63, 3.8) is 0 Å². The number of primary amides is 1. The molecule has 1 aromatic carbocycles. The molecule has 3 amide bonds. The van der Waals surface area contributed by atoms with Crippen molar-refractivity contribution in [2.45, 2.75) is 38.1 Å². The summed E-state index contributed by atoms with van der Waals surface area (Å²) in [7, 11) is 0. The quantitative estimate of drug-likeness (QED) is 0.184. The Balaban J connectivity index is 1.27. The van der Waals surface area contributed by atoms with Crippen molar-refractivity contribution in [3.05, 3.63) is 34.9 Å². The zero-order valence-corrected chi connectivity index (χ0v) is 20.8. The van der Waals surface area contributed by atoms with E-state index >= 15 is 0 Å². The summed E-state index contributed by atoms with van der Waals surface area (Å²) in [4.78, 5) is 44.7. The SMILES string of the molecule is NC(=O)C1(C(=O)NCCCNc2nc(Nc3cccc(NC(=O)[C@@H]4CCCN4)c3)ncc2Br)CC1. The van der Waals surface area contributed by atoms with Crippen LogP contribution in [-0.4, -0.2) is 53.4 Å². The van der Waals surface area contributed by atoms with Gasteiger partial charge in [-0.05, 0) is 72.8 Å². The summed E-state index contributed by atoms with van der Waals surface area (Å²) >= 11 is 3.44. The molecule has 0 spiro atoms. The third kappa shape index (κ3) is 6.25. The lowest BCUT2D eigenvalue weighted by molar-refractivity contribution is -0.135. The molecule has 2 heterocycles. The number of carbonyl (C=O) groups is 3. The van der Waals surface area contributed by atoms with Crippen molar-refractivity contribution < 1.29 is 14.4 Å². The molecular weight excluding hydrogens is 516 g/mol. The molecule has 2 aliphatic rings. The Morgan fingerprint density at radius 3 is 2.71 bits per heavy atom. The third-order valence-corrected chi connectivity index (χ3v) is 6.68. The number of nitrogens with zero attached hydrogens (tertiary/aromatic N) is 2. The molecular formula is C23H29BrN8O3. The molecule has 1 atom stereocenters. The number of amides is 3. The number of anilines is 4. The second-order valence-corrected chi connectivity index (χ2v) is 9.57. The van der Waals surface area contributed by atoms with Gasteiger partial charge in [-0.25, -0.2) is 4.98 Å². The van der Waals surface area contributed by atoms with Gasteiger partial charge in [0.15, 0.2) is 0 Å². The van der Waals surface area contributed by atoms with Crippen LogP contribution in [0.1, 0.15) is 32.1 Å². The molecule has 7 N–H and O–H groups in total. The molecule has 0 radical (unpaired) electrons. The Bertz CT molecular complexity index is 1100. The first-order valence-corrected chi connectivity index (χ1v) is 12.4. The van der Waals surface area contributed by atoms with Gasteiger partial charge < -0.3 is 32.3 Å². The number of nitrogens with one attached hydrogen (secondary N) is 5.